The molecule has 0 radical (unpaired) electrons. The Balaban J connectivity index is 1.24. The number of rotatable bonds is 4. The van der Waals surface area contributed by atoms with Crippen molar-refractivity contribution in [3.8, 4) is 5.82 Å². The van der Waals surface area contributed by atoms with Crippen LogP contribution >= 0.6 is 0 Å². The summed E-state index contributed by atoms with van der Waals surface area (Å²) in [6, 6.07) is 7.75. The second-order valence-electron chi connectivity index (χ2n) is 9.11. The molecule has 0 aliphatic carbocycles. The topological polar surface area (TPSA) is 87.5 Å². The number of aromatic nitrogens is 4. The molecule has 0 spiro atoms. The molecule has 0 saturated carbocycles. The number of aryl methyl sites for hydroxylation is 2. The van der Waals surface area contributed by atoms with Gasteiger partial charge in [0.1, 0.15) is 29.6 Å². The van der Waals surface area contributed by atoms with Gasteiger partial charge in [0.2, 0.25) is 11.8 Å². The van der Waals surface area contributed by atoms with Gasteiger partial charge in [0.15, 0.2) is 0 Å². The van der Waals surface area contributed by atoms with Crippen molar-refractivity contribution < 1.29 is 14.0 Å². The lowest BCUT2D eigenvalue weighted by molar-refractivity contribution is -0.136. The van der Waals surface area contributed by atoms with E-state index >= 15 is 0 Å². The highest BCUT2D eigenvalue weighted by Crippen LogP contribution is 2.27. The smallest absolute Gasteiger partial charge is 0.228 e. The molecular formula is C25H28FN7O2. The second-order valence-corrected chi connectivity index (χ2v) is 9.11. The van der Waals surface area contributed by atoms with Crippen molar-refractivity contribution in [3.05, 3.63) is 59.7 Å². The summed E-state index contributed by atoms with van der Waals surface area (Å²) in [5.74, 6) is 1.41. The molecular weight excluding hydrogens is 449 g/mol. The van der Waals surface area contributed by atoms with Crippen molar-refractivity contribution in [3.63, 3.8) is 0 Å². The molecule has 2 amide bonds. The van der Waals surface area contributed by atoms with E-state index in [1.165, 1.54) is 12.1 Å². The zero-order valence-corrected chi connectivity index (χ0v) is 20.1. The van der Waals surface area contributed by atoms with Gasteiger partial charge in [0.05, 0.1) is 11.6 Å². The van der Waals surface area contributed by atoms with Gasteiger partial charge in [-0.3, -0.25) is 14.2 Å². The van der Waals surface area contributed by atoms with E-state index in [2.05, 4.69) is 19.9 Å². The van der Waals surface area contributed by atoms with E-state index in [0.717, 1.165) is 23.0 Å². The standard InChI is InChI=1S/C25H28FN7O2/c1-16-17(2)33(15-27-16)23-13-22(28-18(3)29-23)30-8-10-31(11-9-30)25(35)19-12-24(34)32(14-19)21-6-4-20(26)5-7-21/h4-7,13,15,19H,8-12,14H2,1-3H3. The molecule has 3 aromatic rings. The van der Waals surface area contributed by atoms with Crippen molar-refractivity contribution >= 4 is 23.3 Å². The van der Waals surface area contributed by atoms with Crippen molar-refractivity contribution in [1.82, 2.24) is 24.4 Å². The van der Waals surface area contributed by atoms with Gasteiger partial charge >= 0.3 is 0 Å². The number of amides is 2. The molecule has 2 fully saturated rings. The fourth-order valence-electron chi connectivity index (χ4n) is 4.71. The molecule has 5 rings (SSSR count). The first-order valence-electron chi connectivity index (χ1n) is 11.8. The Morgan fingerprint density at radius 2 is 1.69 bits per heavy atom. The van der Waals surface area contributed by atoms with Gasteiger partial charge in [-0.05, 0) is 45.0 Å². The van der Waals surface area contributed by atoms with Crippen LogP contribution in [0.3, 0.4) is 0 Å². The Hall–Kier alpha value is -3.82. The van der Waals surface area contributed by atoms with Crippen molar-refractivity contribution in [2.75, 3.05) is 42.5 Å². The van der Waals surface area contributed by atoms with Crippen LogP contribution in [0.5, 0.6) is 0 Å². The SMILES string of the molecule is Cc1nc(N2CCN(C(=O)C3CC(=O)N(c4ccc(F)cc4)C3)CC2)cc(-n2cnc(C)c2C)n1. The lowest BCUT2D eigenvalue weighted by Gasteiger charge is -2.36. The molecule has 1 unspecified atom stereocenters. The number of halogens is 1. The maximum atomic E-state index is 13.2. The zero-order chi connectivity index (χ0) is 24.7. The Morgan fingerprint density at radius 3 is 2.34 bits per heavy atom. The third kappa shape index (κ3) is 4.48. The van der Waals surface area contributed by atoms with E-state index < -0.39 is 0 Å². The first-order chi connectivity index (χ1) is 16.8. The minimum Gasteiger partial charge on any atom is -0.353 e. The van der Waals surface area contributed by atoms with E-state index in [-0.39, 0.29) is 30.0 Å². The van der Waals surface area contributed by atoms with Crippen molar-refractivity contribution in [1.29, 1.82) is 0 Å². The van der Waals surface area contributed by atoms with Crippen LogP contribution in [0.4, 0.5) is 15.9 Å². The summed E-state index contributed by atoms with van der Waals surface area (Å²) < 4.78 is 15.2. The highest BCUT2D eigenvalue weighted by atomic mass is 19.1. The van der Waals surface area contributed by atoms with E-state index in [0.29, 0.717) is 44.2 Å². The minimum atomic E-state index is -0.389. The molecule has 2 aliphatic heterocycles. The zero-order valence-electron chi connectivity index (χ0n) is 20.1. The number of hydrogen-bond acceptors (Lipinski definition) is 6. The molecule has 2 aliphatic rings. The molecule has 4 heterocycles. The van der Waals surface area contributed by atoms with Gasteiger partial charge in [0, 0.05) is 56.6 Å². The molecule has 2 saturated heterocycles. The molecule has 35 heavy (non-hydrogen) atoms. The maximum absolute atomic E-state index is 13.2. The number of imidazole rings is 1. The van der Waals surface area contributed by atoms with E-state index in [1.54, 1.807) is 23.4 Å². The predicted molar refractivity (Wildman–Crippen MR) is 129 cm³/mol. The van der Waals surface area contributed by atoms with Crippen molar-refractivity contribution in [2.24, 2.45) is 5.92 Å². The van der Waals surface area contributed by atoms with E-state index in [4.69, 9.17) is 0 Å². The maximum Gasteiger partial charge on any atom is 0.228 e. The number of anilines is 2. The number of piperazine rings is 1. The minimum absolute atomic E-state index is 0.00770. The number of benzene rings is 1. The molecule has 182 valence electrons. The molecule has 1 atom stereocenters. The number of carbonyl (C=O) groups is 2. The summed E-state index contributed by atoms with van der Waals surface area (Å²) in [7, 11) is 0. The number of carbonyl (C=O) groups excluding carboxylic acids is 2. The molecule has 0 N–H and O–H groups in total. The van der Waals surface area contributed by atoms with E-state index in [1.807, 2.05) is 36.3 Å². The Morgan fingerprint density at radius 1 is 1.00 bits per heavy atom. The molecule has 9 nitrogen and oxygen atoms in total. The normalized spacial score (nSPS) is 18.5. The predicted octanol–water partition coefficient (Wildman–Crippen LogP) is 2.43. The summed E-state index contributed by atoms with van der Waals surface area (Å²) in [6.45, 7) is 8.57. The summed E-state index contributed by atoms with van der Waals surface area (Å²) >= 11 is 0. The molecule has 0 bridgehead atoms. The van der Waals surface area contributed by atoms with Crippen LogP contribution in [0.15, 0.2) is 36.7 Å². The number of nitrogens with zero attached hydrogens (tertiary/aromatic N) is 7. The third-order valence-electron chi connectivity index (χ3n) is 6.84. The van der Waals surface area contributed by atoms with Gasteiger partial charge < -0.3 is 14.7 Å². The van der Waals surface area contributed by atoms with Gasteiger partial charge in [0.25, 0.3) is 0 Å². The summed E-state index contributed by atoms with van der Waals surface area (Å²) in [6.07, 6.45) is 1.94. The van der Waals surface area contributed by atoms with Crippen LogP contribution in [0, 0.1) is 32.5 Å². The highest BCUT2D eigenvalue weighted by molar-refractivity contribution is 6.00. The van der Waals surface area contributed by atoms with Gasteiger partial charge in [-0.1, -0.05) is 0 Å². The fraction of sp³-hybridized carbons (Fsp3) is 0.400. The van der Waals surface area contributed by atoms with E-state index in [9.17, 15) is 14.0 Å². The number of hydrogen-bond donors (Lipinski definition) is 0. The van der Waals surface area contributed by atoms with Crippen LogP contribution in [-0.4, -0.2) is 69.0 Å². The van der Waals surface area contributed by atoms with Gasteiger partial charge in [-0.2, -0.15) is 0 Å². The highest BCUT2D eigenvalue weighted by Gasteiger charge is 2.38. The van der Waals surface area contributed by atoms with Crippen LogP contribution in [0.1, 0.15) is 23.6 Å². The average molecular weight is 478 g/mol. The first kappa shape index (κ1) is 22.9. The Labute approximate surface area is 203 Å². The quantitative estimate of drug-likeness (QED) is 0.574. The van der Waals surface area contributed by atoms with Crippen LogP contribution in [-0.2, 0) is 9.59 Å². The lowest BCUT2D eigenvalue weighted by Crippen LogP contribution is -2.51. The summed E-state index contributed by atoms with van der Waals surface area (Å²) in [5, 5.41) is 0. The Bertz CT molecular complexity index is 1270. The van der Waals surface area contributed by atoms with Gasteiger partial charge in [-0.15, -0.1) is 0 Å². The molecule has 10 heteroatoms. The summed E-state index contributed by atoms with van der Waals surface area (Å²) in [4.78, 5) is 44.9. The largest absolute Gasteiger partial charge is 0.353 e. The van der Waals surface area contributed by atoms with Gasteiger partial charge in [-0.25, -0.2) is 19.3 Å². The lowest BCUT2D eigenvalue weighted by atomic mass is 10.1. The first-order valence-corrected chi connectivity index (χ1v) is 11.8. The van der Waals surface area contributed by atoms with Crippen LogP contribution in [0.25, 0.3) is 5.82 Å². The summed E-state index contributed by atoms with van der Waals surface area (Å²) in [5.41, 5.74) is 2.61. The fourth-order valence-corrected chi connectivity index (χ4v) is 4.71. The van der Waals surface area contributed by atoms with Crippen LogP contribution in [0.2, 0.25) is 0 Å². The monoisotopic (exact) mass is 477 g/mol. The van der Waals surface area contributed by atoms with Crippen LogP contribution < -0.4 is 9.80 Å². The Kier molecular flexibility index (Phi) is 5.96. The average Bonchev–Trinajstić information content (AvgIpc) is 3.40. The van der Waals surface area contributed by atoms with Crippen molar-refractivity contribution in [2.45, 2.75) is 27.2 Å². The third-order valence-corrected chi connectivity index (χ3v) is 6.84. The molecule has 2 aromatic heterocycles. The molecule has 1 aromatic carbocycles. The second kappa shape index (κ2) is 9.09.